The molecule has 0 N–H and O–H groups in total. The highest BCUT2D eigenvalue weighted by molar-refractivity contribution is 7.99. The molecule has 1 aliphatic heterocycles. The van der Waals surface area contributed by atoms with E-state index in [0.29, 0.717) is 5.92 Å². The molecule has 1 aromatic heterocycles. The van der Waals surface area contributed by atoms with E-state index < -0.39 is 0 Å². The third-order valence-corrected chi connectivity index (χ3v) is 5.28. The Balaban J connectivity index is 2.21. The van der Waals surface area contributed by atoms with Crippen molar-refractivity contribution in [3.63, 3.8) is 0 Å². The lowest BCUT2D eigenvalue weighted by molar-refractivity contribution is 0.406. The number of thioether (sulfide) groups is 1. The molecule has 4 heteroatoms. The van der Waals surface area contributed by atoms with Crippen LogP contribution < -0.4 is 4.74 Å². The second kappa shape index (κ2) is 5.49. The molecule has 1 aromatic rings. The van der Waals surface area contributed by atoms with Gasteiger partial charge < -0.3 is 4.74 Å². The first kappa shape index (κ1) is 13.0. The summed E-state index contributed by atoms with van der Waals surface area (Å²) in [6.45, 7) is 4.11. The molecule has 1 fully saturated rings. The molecular weight excluding hydrogens is 254 g/mol. The Morgan fingerprint density at radius 1 is 1.47 bits per heavy atom. The van der Waals surface area contributed by atoms with Crippen LogP contribution in [-0.2, 0) is 6.42 Å². The Hall–Kier alpha value is -0.410. The normalized spacial score (nSPS) is 24.0. The van der Waals surface area contributed by atoms with Gasteiger partial charge in [-0.3, -0.25) is 4.98 Å². The van der Waals surface area contributed by atoms with Crippen molar-refractivity contribution in [3.05, 3.63) is 23.0 Å². The number of ether oxygens (including phenoxy) is 1. The van der Waals surface area contributed by atoms with Crippen LogP contribution in [0, 0.1) is 19.8 Å². The van der Waals surface area contributed by atoms with Crippen molar-refractivity contribution in [2.45, 2.75) is 25.6 Å². The van der Waals surface area contributed by atoms with Gasteiger partial charge in [0.2, 0.25) is 0 Å². The van der Waals surface area contributed by atoms with Crippen LogP contribution in [0.2, 0.25) is 0 Å². The van der Waals surface area contributed by atoms with Crippen molar-refractivity contribution in [2.24, 2.45) is 5.92 Å². The SMILES string of the molecule is COc1c(C)cnc(CC2CSCC2Cl)c1C. The fraction of sp³-hybridized carbons (Fsp3) is 0.615. The Morgan fingerprint density at radius 3 is 2.82 bits per heavy atom. The van der Waals surface area contributed by atoms with E-state index in [-0.39, 0.29) is 5.38 Å². The van der Waals surface area contributed by atoms with Crippen LogP contribution in [0.4, 0.5) is 0 Å². The summed E-state index contributed by atoms with van der Waals surface area (Å²) in [6.07, 6.45) is 2.86. The molecule has 17 heavy (non-hydrogen) atoms. The summed E-state index contributed by atoms with van der Waals surface area (Å²) in [6, 6.07) is 0. The Labute approximate surface area is 112 Å². The molecule has 1 aliphatic rings. The highest BCUT2D eigenvalue weighted by Crippen LogP contribution is 2.33. The van der Waals surface area contributed by atoms with Gasteiger partial charge in [-0.1, -0.05) is 0 Å². The average Bonchev–Trinajstić information content (AvgIpc) is 2.69. The maximum atomic E-state index is 6.31. The molecule has 2 nitrogen and oxygen atoms in total. The van der Waals surface area contributed by atoms with E-state index >= 15 is 0 Å². The molecule has 0 bridgehead atoms. The Morgan fingerprint density at radius 2 is 2.24 bits per heavy atom. The van der Waals surface area contributed by atoms with Gasteiger partial charge >= 0.3 is 0 Å². The maximum absolute atomic E-state index is 6.31. The summed E-state index contributed by atoms with van der Waals surface area (Å²) in [5.41, 5.74) is 3.39. The van der Waals surface area contributed by atoms with Crippen molar-refractivity contribution >= 4 is 23.4 Å². The lowest BCUT2D eigenvalue weighted by atomic mass is 9.98. The molecular formula is C13H18ClNOS. The largest absolute Gasteiger partial charge is 0.496 e. The van der Waals surface area contributed by atoms with Crippen molar-refractivity contribution in [2.75, 3.05) is 18.6 Å². The van der Waals surface area contributed by atoms with Crippen LogP contribution in [0.5, 0.6) is 5.75 Å². The second-order valence-electron chi connectivity index (χ2n) is 4.56. The predicted octanol–water partition coefficient (Wildman–Crippen LogP) is 3.22. The van der Waals surface area contributed by atoms with Crippen molar-refractivity contribution in [1.29, 1.82) is 0 Å². The molecule has 94 valence electrons. The van der Waals surface area contributed by atoms with E-state index in [4.69, 9.17) is 16.3 Å². The van der Waals surface area contributed by atoms with Crippen LogP contribution in [0.25, 0.3) is 0 Å². The van der Waals surface area contributed by atoms with E-state index in [9.17, 15) is 0 Å². The van der Waals surface area contributed by atoms with E-state index in [0.717, 1.165) is 40.5 Å². The number of methoxy groups -OCH3 is 1. The molecule has 1 saturated heterocycles. The van der Waals surface area contributed by atoms with Gasteiger partial charge in [0.15, 0.2) is 0 Å². The highest BCUT2D eigenvalue weighted by Gasteiger charge is 2.27. The third kappa shape index (κ3) is 2.71. The minimum Gasteiger partial charge on any atom is -0.496 e. The number of aromatic nitrogens is 1. The summed E-state index contributed by atoms with van der Waals surface area (Å²) >= 11 is 8.24. The standard InChI is InChI=1S/C13H18ClNOS/c1-8-5-15-12(9(2)13(8)16-3)4-10-6-17-7-11(10)14/h5,10-11H,4,6-7H2,1-3H3. The second-order valence-corrected chi connectivity index (χ2v) is 6.20. The minimum atomic E-state index is 0.286. The van der Waals surface area contributed by atoms with E-state index in [1.54, 1.807) is 7.11 Å². The van der Waals surface area contributed by atoms with Crippen LogP contribution in [0.1, 0.15) is 16.8 Å². The molecule has 2 atom stereocenters. The first-order chi connectivity index (χ1) is 8.13. The molecule has 0 amide bonds. The highest BCUT2D eigenvalue weighted by atomic mass is 35.5. The lowest BCUT2D eigenvalue weighted by Gasteiger charge is -2.16. The molecule has 2 rings (SSSR count). The van der Waals surface area contributed by atoms with Gasteiger partial charge in [-0.15, -0.1) is 11.6 Å². The van der Waals surface area contributed by atoms with Gasteiger partial charge in [-0.2, -0.15) is 11.8 Å². The van der Waals surface area contributed by atoms with Gasteiger partial charge in [0.05, 0.1) is 7.11 Å². The Kier molecular flexibility index (Phi) is 4.21. The molecule has 0 aromatic carbocycles. The number of hydrogen-bond donors (Lipinski definition) is 0. The summed E-state index contributed by atoms with van der Waals surface area (Å²) in [7, 11) is 1.72. The number of hydrogen-bond acceptors (Lipinski definition) is 3. The van der Waals surface area contributed by atoms with Crippen LogP contribution in [0.15, 0.2) is 6.20 Å². The monoisotopic (exact) mass is 271 g/mol. The van der Waals surface area contributed by atoms with E-state index in [1.165, 1.54) is 0 Å². The minimum absolute atomic E-state index is 0.286. The summed E-state index contributed by atoms with van der Waals surface area (Å²) in [4.78, 5) is 4.54. The number of alkyl halides is 1. The predicted molar refractivity (Wildman–Crippen MR) is 74.4 cm³/mol. The number of aryl methyl sites for hydroxylation is 1. The Bertz CT molecular complexity index is 411. The molecule has 0 aliphatic carbocycles. The average molecular weight is 272 g/mol. The quantitative estimate of drug-likeness (QED) is 0.788. The first-order valence-corrected chi connectivity index (χ1v) is 7.43. The summed E-state index contributed by atoms with van der Waals surface area (Å²) in [5.74, 6) is 3.71. The summed E-state index contributed by atoms with van der Waals surface area (Å²) in [5, 5.41) is 0.286. The molecule has 0 spiro atoms. The maximum Gasteiger partial charge on any atom is 0.128 e. The number of rotatable bonds is 3. The van der Waals surface area contributed by atoms with E-state index in [1.807, 2.05) is 24.9 Å². The zero-order valence-corrected chi connectivity index (χ0v) is 12.1. The van der Waals surface area contributed by atoms with Gasteiger partial charge in [0, 0.05) is 34.1 Å². The van der Waals surface area contributed by atoms with Crippen LogP contribution in [0.3, 0.4) is 0 Å². The van der Waals surface area contributed by atoms with Gasteiger partial charge in [-0.05, 0) is 31.9 Å². The van der Waals surface area contributed by atoms with Crippen molar-refractivity contribution in [1.82, 2.24) is 4.98 Å². The number of nitrogens with zero attached hydrogens (tertiary/aromatic N) is 1. The van der Waals surface area contributed by atoms with Crippen molar-refractivity contribution in [3.8, 4) is 5.75 Å². The lowest BCUT2D eigenvalue weighted by Crippen LogP contribution is -2.16. The zero-order chi connectivity index (χ0) is 12.4. The molecule has 2 heterocycles. The molecule has 0 saturated carbocycles. The third-order valence-electron chi connectivity index (χ3n) is 3.33. The van der Waals surface area contributed by atoms with Crippen LogP contribution in [-0.4, -0.2) is 29.0 Å². The first-order valence-electron chi connectivity index (χ1n) is 5.84. The topological polar surface area (TPSA) is 22.1 Å². The summed E-state index contributed by atoms with van der Waals surface area (Å²) < 4.78 is 5.43. The van der Waals surface area contributed by atoms with Crippen molar-refractivity contribution < 1.29 is 4.74 Å². The van der Waals surface area contributed by atoms with E-state index in [2.05, 4.69) is 11.9 Å². The van der Waals surface area contributed by atoms with Gasteiger partial charge in [-0.25, -0.2) is 0 Å². The zero-order valence-electron chi connectivity index (χ0n) is 10.5. The smallest absolute Gasteiger partial charge is 0.128 e. The fourth-order valence-corrected chi connectivity index (χ4v) is 4.12. The van der Waals surface area contributed by atoms with Crippen LogP contribution >= 0.6 is 23.4 Å². The number of pyridine rings is 1. The molecule has 2 unspecified atom stereocenters. The number of halogens is 1. The van der Waals surface area contributed by atoms with Gasteiger partial charge in [0.25, 0.3) is 0 Å². The fourth-order valence-electron chi connectivity index (χ4n) is 2.28. The van der Waals surface area contributed by atoms with Gasteiger partial charge in [0.1, 0.15) is 5.75 Å². The molecule has 0 radical (unpaired) electrons.